The second kappa shape index (κ2) is 5.58. The fourth-order valence-corrected chi connectivity index (χ4v) is 1.50. The van der Waals surface area contributed by atoms with E-state index in [2.05, 4.69) is 4.74 Å². The van der Waals surface area contributed by atoms with E-state index in [4.69, 9.17) is 0 Å². The fourth-order valence-electron chi connectivity index (χ4n) is 1.50. The number of carbonyl (C=O) groups is 3. The molecule has 1 atom stereocenters. The number of likely N-dealkylation sites (tertiary alicyclic amines) is 1. The topological polar surface area (TPSA) is 63.7 Å². The van der Waals surface area contributed by atoms with Gasteiger partial charge in [-0.15, -0.1) is 0 Å². The lowest BCUT2D eigenvalue weighted by Crippen LogP contribution is -2.46. The van der Waals surface area contributed by atoms with Gasteiger partial charge in [-0.05, 0) is 19.8 Å². The van der Waals surface area contributed by atoms with Crippen LogP contribution in [0.2, 0.25) is 0 Å². The van der Waals surface area contributed by atoms with Crippen LogP contribution in [0, 0.1) is 0 Å². The Kier molecular flexibility index (Phi) is 4.39. The molecule has 1 unspecified atom stereocenters. The second-order valence-electron chi connectivity index (χ2n) is 3.45. The van der Waals surface area contributed by atoms with Crippen molar-refractivity contribution in [3.63, 3.8) is 0 Å². The Balaban J connectivity index is 2.77. The number of alkyl halides is 1. The van der Waals surface area contributed by atoms with Crippen LogP contribution in [0.4, 0.5) is 4.39 Å². The van der Waals surface area contributed by atoms with Gasteiger partial charge in [0.05, 0.1) is 6.61 Å². The number of esters is 1. The van der Waals surface area contributed by atoms with Gasteiger partial charge in [0.1, 0.15) is 0 Å². The third-order valence-corrected chi connectivity index (χ3v) is 2.28. The minimum Gasteiger partial charge on any atom is -0.462 e. The summed E-state index contributed by atoms with van der Waals surface area (Å²) in [6, 6.07) is 0. The molecule has 1 fully saturated rings. The SMILES string of the molecule is CCOC(=O)C(F)N1C(=O)CCCCC1=O. The Morgan fingerprint density at radius 3 is 2.31 bits per heavy atom. The predicted molar refractivity (Wildman–Crippen MR) is 51.9 cm³/mol. The highest BCUT2D eigenvalue weighted by Gasteiger charge is 2.36. The lowest BCUT2D eigenvalue weighted by molar-refractivity contribution is -0.168. The van der Waals surface area contributed by atoms with E-state index in [0.29, 0.717) is 17.7 Å². The summed E-state index contributed by atoms with van der Waals surface area (Å²) < 4.78 is 18.0. The van der Waals surface area contributed by atoms with Crippen molar-refractivity contribution in [3.8, 4) is 0 Å². The van der Waals surface area contributed by atoms with Crippen molar-refractivity contribution in [2.75, 3.05) is 6.61 Å². The average molecular weight is 231 g/mol. The number of hydrogen-bond acceptors (Lipinski definition) is 4. The van der Waals surface area contributed by atoms with Crippen LogP contribution in [0.5, 0.6) is 0 Å². The zero-order valence-electron chi connectivity index (χ0n) is 9.07. The summed E-state index contributed by atoms with van der Waals surface area (Å²) in [5, 5.41) is 0. The Bertz CT molecular complexity index is 287. The highest BCUT2D eigenvalue weighted by molar-refractivity contribution is 5.99. The lowest BCUT2D eigenvalue weighted by Gasteiger charge is -2.21. The van der Waals surface area contributed by atoms with Crippen molar-refractivity contribution in [1.82, 2.24) is 4.90 Å². The van der Waals surface area contributed by atoms with Crippen molar-refractivity contribution in [2.24, 2.45) is 0 Å². The normalized spacial score (nSPS) is 19.2. The lowest BCUT2D eigenvalue weighted by atomic mass is 10.2. The molecule has 0 aromatic carbocycles. The molecule has 0 aromatic heterocycles. The van der Waals surface area contributed by atoms with Gasteiger partial charge in [0.25, 0.3) is 6.30 Å². The van der Waals surface area contributed by atoms with Crippen LogP contribution in [0.3, 0.4) is 0 Å². The molecule has 0 radical (unpaired) electrons. The molecule has 1 rings (SSSR count). The predicted octanol–water partition coefficient (Wildman–Crippen LogP) is 0.774. The molecule has 1 aliphatic rings. The molecule has 0 spiro atoms. The molecule has 0 bridgehead atoms. The minimum absolute atomic E-state index is 0.00940. The Hall–Kier alpha value is -1.46. The van der Waals surface area contributed by atoms with Crippen molar-refractivity contribution in [2.45, 2.75) is 38.9 Å². The number of halogens is 1. The monoisotopic (exact) mass is 231 g/mol. The van der Waals surface area contributed by atoms with E-state index in [1.165, 1.54) is 6.92 Å². The highest BCUT2D eigenvalue weighted by atomic mass is 19.1. The number of rotatable bonds is 3. The van der Waals surface area contributed by atoms with Crippen LogP contribution in [-0.2, 0) is 19.1 Å². The van der Waals surface area contributed by atoms with Crippen LogP contribution >= 0.6 is 0 Å². The molecule has 1 heterocycles. The highest BCUT2D eigenvalue weighted by Crippen LogP contribution is 2.16. The van der Waals surface area contributed by atoms with Gasteiger partial charge < -0.3 is 4.74 Å². The number of imide groups is 1. The smallest absolute Gasteiger partial charge is 0.362 e. The molecule has 1 aliphatic heterocycles. The first-order valence-corrected chi connectivity index (χ1v) is 5.23. The second-order valence-corrected chi connectivity index (χ2v) is 3.45. The maximum absolute atomic E-state index is 13.6. The first kappa shape index (κ1) is 12.6. The van der Waals surface area contributed by atoms with E-state index >= 15 is 0 Å². The summed E-state index contributed by atoms with van der Waals surface area (Å²) in [5.41, 5.74) is 0. The zero-order chi connectivity index (χ0) is 12.1. The van der Waals surface area contributed by atoms with E-state index in [1.54, 1.807) is 0 Å². The summed E-state index contributed by atoms with van der Waals surface area (Å²) in [6.07, 6.45) is -1.05. The van der Waals surface area contributed by atoms with E-state index in [9.17, 15) is 18.8 Å². The first-order chi connectivity index (χ1) is 7.57. The number of carbonyl (C=O) groups excluding carboxylic acids is 3. The van der Waals surface area contributed by atoms with Crippen LogP contribution in [0.15, 0.2) is 0 Å². The van der Waals surface area contributed by atoms with Crippen LogP contribution in [0.25, 0.3) is 0 Å². The van der Waals surface area contributed by atoms with Gasteiger partial charge in [-0.3, -0.25) is 9.59 Å². The van der Waals surface area contributed by atoms with Gasteiger partial charge in [-0.25, -0.2) is 14.1 Å². The van der Waals surface area contributed by atoms with Gasteiger partial charge in [0.2, 0.25) is 11.8 Å². The quantitative estimate of drug-likeness (QED) is 0.409. The van der Waals surface area contributed by atoms with Crippen LogP contribution < -0.4 is 0 Å². The van der Waals surface area contributed by atoms with Gasteiger partial charge >= 0.3 is 5.97 Å². The summed E-state index contributed by atoms with van der Waals surface area (Å²) in [4.78, 5) is 34.3. The molecule has 0 N–H and O–H groups in total. The van der Waals surface area contributed by atoms with Crippen LogP contribution in [0.1, 0.15) is 32.6 Å². The van der Waals surface area contributed by atoms with Gasteiger partial charge in [0, 0.05) is 12.8 Å². The largest absolute Gasteiger partial charge is 0.462 e. The number of hydrogen-bond donors (Lipinski definition) is 0. The molecule has 1 saturated heterocycles. The Morgan fingerprint density at radius 1 is 1.38 bits per heavy atom. The van der Waals surface area contributed by atoms with Gasteiger partial charge in [-0.2, -0.15) is 0 Å². The van der Waals surface area contributed by atoms with Crippen molar-refractivity contribution in [1.29, 1.82) is 0 Å². The summed E-state index contributed by atoms with van der Waals surface area (Å²) in [7, 11) is 0. The molecule has 16 heavy (non-hydrogen) atoms. The maximum Gasteiger partial charge on any atom is 0.362 e. The summed E-state index contributed by atoms with van der Waals surface area (Å²) in [5.74, 6) is -2.49. The number of amides is 2. The molecule has 90 valence electrons. The molecular weight excluding hydrogens is 217 g/mol. The summed E-state index contributed by atoms with van der Waals surface area (Å²) >= 11 is 0. The fraction of sp³-hybridized carbons (Fsp3) is 0.700. The van der Waals surface area contributed by atoms with Gasteiger partial charge in [0.15, 0.2) is 0 Å². The van der Waals surface area contributed by atoms with Gasteiger partial charge in [-0.1, -0.05) is 0 Å². The molecule has 5 nitrogen and oxygen atoms in total. The van der Waals surface area contributed by atoms with Crippen molar-refractivity contribution < 1.29 is 23.5 Å². The van der Waals surface area contributed by atoms with Crippen LogP contribution in [-0.4, -0.2) is 35.6 Å². The average Bonchev–Trinajstić information content (AvgIpc) is 2.39. The van der Waals surface area contributed by atoms with E-state index in [1.807, 2.05) is 0 Å². The molecule has 0 saturated carbocycles. The molecule has 0 aliphatic carbocycles. The van der Waals surface area contributed by atoms with E-state index < -0.39 is 24.1 Å². The molecule has 2 amide bonds. The third-order valence-electron chi connectivity index (χ3n) is 2.28. The van der Waals surface area contributed by atoms with E-state index in [-0.39, 0.29) is 19.4 Å². The van der Waals surface area contributed by atoms with Crippen molar-refractivity contribution >= 4 is 17.8 Å². The number of nitrogens with zero attached hydrogens (tertiary/aromatic N) is 1. The molecule has 0 aromatic rings. The minimum atomic E-state index is -2.31. The summed E-state index contributed by atoms with van der Waals surface area (Å²) in [6.45, 7) is 1.53. The van der Waals surface area contributed by atoms with E-state index in [0.717, 1.165) is 0 Å². The Morgan fingerprint density at radius 2 is 1.88 bits per heavy atom. The first-order valence-electron chi connectivity index (χ1n) is 5.23. The Labute approximate surface area is 92.5 Å². The standard InChI is InChI=1S/C10H14FNO4/c1-2-16-10(15)9(11)12-7(13)5-3-4-6-8(12)14/h9H,2-6H2,1H3. The van der Waals surface area contributed by atoms with Crippen molar-refractivity contribution in [3.05, 3.63) is 0 Å². The molecular formula is C10H14FNO4. The molecule has 6 heteroatoms. The zero-order valence-corrected chi connectivity index (χ0v) is 9.07. The third kappa shape index (κ3) is 2.77. The maximum atomic E-state index is 13.6. The number of ether oxygens (including phenoxy) is 1.